The van der Waals surface area contributed by atoms with E-state index in [0.717, 1.165) is 11.8 Å². The maximum Gasteiger partial charge on any atom is 0.417 e. The van der Waals surface area contributed by atoms with E-state index >= 15 is 0 Å². The predicted molar refractivity (Wildman–Crippen MR) is 80.3 cm³/mol. The van der Waals surface area contributed by atoms with Crippen molar-refractivity contribution in [2.45, 2.75) is 22.6 Å². The van der Waals surface area contributed by atoms with E-state index in [0.29, 0.717) is 21.6 Å². The molecule has 2 aromatic rings. The number of pyridine rings is 1. The summed E-state index contributed by atoms with van der Waals surface area (Å²) in [7, 11) is 1.70. The monoisotopic (exact) mass is 376 g/mol. The quantitative estimate of drug-likeness (QED) is 0.834. The molecule has 0 fully saturated rings. The zero-order valence-corrected chi connectivity index (χ0v) is 13.4. The molecule has 0 amide bonds. The Morgan fingerprint density at radius 2 is 2.05 bits per heavy atom. The zero-order chi connectivity index (χ0) is 15.5. The second kappa shape index (κ2) is 6.81. The van der Waals surface area contributed by atoms with Gasteiger partial charge in [-0.15, -0.1) is 0 Å². The van der Waals surface area contributed by atoms with Gasteiger partial charge in [-0.25, -0.2) is 4.98 Å². The summed E-state index contributed by atoms with van der Waals surface area (Å²) in [5.41, 5.74) is -0.0490. The van der Waals surface area contributed by atoms with E-state index in [9.17, 15) is 13.2 Å². The van der Waals surface area contributed by atoms with Crippen LogP contribution in [0.15, 0.2) is 50.9 Å². The van der Waals surface area contributed by atoms with E-state index in [4.69, 9.17) is 0 Å². The number of hydrogen-bond acceptors (Lipinski definition) is 3. The van der Waals surface area contributed by atoms with Gasteiger partial charge in [0.15, 0.2) is 0 Å². The summed E-state index contributed by atoms with van der Waals surface area (Å²) in [5, 5.41) is 3.35. The van der Waals surface area contributed by atoms with Gasteiger partial charge in [0.1, 0.15) is 5.03 Å². The van der Waals surface area contributed by atoms with E-state index in [-0.39, 0.29) is 4.90 Å². The van der Waals surface area contributed by atoms with Crippen LogP contribution in [-0.4, -0.2) is 12.0 Å². The minimum absolute atomic E-state index is 0.141. The highest BCUT2D eigenvalue weighted by atomic mass is 79.9. The van der Waals surface area contributed by atoms with Crippen LogP contribution < -0.4 is 5.32 Å². The second-order valence-corrected chi connectivity index (χ2v) is 6.14. The summed E-state index contributed by atoms with van der Waals surface area (Å²) in [4.78, 5) is 4.23. The number of hydrogen-bond donors (Lipinski definition) is 1. The van der Waals surface area contributed by atoms with Gasteiger partial charge in [0, 0.05) is 17.6 Å². The first-order valence-electron chi connectivity index (χ1n) is 6.05. The van der Waals surface area contributed by atoms with Crippen LogP contribution in [0, 0.1) is 0 Å². The Balaban J connectivity index is 2.41. The highest BCUT2D eigenvalue weighted by Crippen LogP contribution is 2.41. The Bertz CT molecular complexity index is 632. The van der Waals surface area contributed by atoms with Gasteiger partial charge < -0.3 is 5.32 Å². The lowest BCUT2D eigenvalue weighted by molar-refractivity contribution is -0.139. The van der Waals surface area contributed by atoms with Crippen molar-refractivity contribution in [3.63, 3.8) is 0 Å². The first-order chi connectivity index (χ1) is 9.91. The van der Waals surface area contributed by atoms with E-state index in [1.165, 1.54) is 12.1 Å². The van der Waals surface area contributed by atoms with Gasteiger partial charge >= 0.3 is 6.18 Å². The molecule has 21 heavy (non-hydrogen) atoms. The highest BCUT2D eigenvalue weighted by molar-refractivity contribution is 9.10. The van der Waals surface area contributed by atoms with Crippen LogP contribution in [0.4, 0.5) is 13.2 Å². The Kier molecular flexibility index (Phi) is 5.29. The van der Waals surface area contributed by atoms with Gasteiger partial charge in [0.25, 0.3) is 0 Å². The average molecular weight is 377 g/mol. The molecule has 0 radical (unpaired) electrons. The van der Waals surface area contributed by atoms with E-state index in [1.54, 1.807) is 31.4 Å². The van der Waals surface area contributed by atoms with Gasteiger partial charge in [-0.05, 0) is 52.8 Å². The molecule has 2 rings (SSSR count). The fourth-order valence-corrected chi connectivity index (χ4v) is 3.16. The van der Waals surface area contributed by atoms with Gasteiger partial charge in [-0.1, -0.05) is 17.8 Å². The molecule has 0 aliphatic heterocycles. The molecule has 1 N–H and O–H groups in total. The fraction of sp³-hybridized carbons (Fsp3) is 0.214. The van der Waals surface area contributed by atoms with E-state index < -0.39 is 11.7 Å². The molecular weight excluding hydrogens is 365 g/mol. The smallest absolute Gasteiger partial charge is 0.316 e. The molecule has 0 bridgehead atoms. The van der Waals surface area contributed by atoms with Gasteiger partial charge in [0.05, 0.1) is 10.0 Å². The molecule has 1 aromatic carbocycles. The Labute approximate surface area is 133 Å². The van der Waals surface area contributed by atoms with Crippen LogP contribution in [-0.2, 0) is 12.7 Å². The van der Waals surface area contributed by atoms with Crippen molar-refractivity contribution in [1.29, 1.82) is 0 Å². The largest absolute Gasteiger partial charge is 0.417 e. The van der Waals surface area contributed by atoms with Crippen molar-refractivity contribution in [1.82, 2.24) is 10.3 Å². The third-order valence-electron chi connectivity index (χ3n) is 2.66. The first-order valence-corrected chi connectivity index (χ1v) is 7.66. The average Bonchev–Trinajstić information content (AvgIpc) is 2.42. The number of aromatic nitrogens is 1. The predicted octanol–water partition coefficient (Wildman–Crippen LogP) is 4.73. The van der Waals surface area contributed by atoms with Crippen LogP contribution in [0.1, 0.15) is 11.1 Å². The van der Waals surface area contributed by atoms with Crippen molar-refractivity contribution in [2.24, 2.45) is 0 Å². The number of benzene rings is 1. The maximum atomic E-state index is 13.2. The number of halogens is 4. The number of alkyl halides is 3. The molecule has 1 heterocycles. The molecule has 0 saturated heterocycles. The molecule has 0 aliphatic carbocycles. The molecule has 0 saturated carbocycles. The van der Waals surface area contributed by atoms with Crippen LogP contribution in [0.25, 0.3) is 0 Å². The van der Waals surface area contributed by atoms with Gasteiger partial charge in [0.2, 0.25) is 0 Å². The Morgan fingerprint density at radius 1 is 1.29 bits per heavy atom. The lowest BCUT2D eigenvalue weighted by atomic mass is 10.1. The minimum atomic E-state index is -4.40. The number of nitrogens with one attached hydrogen (secondary N) is 1. The Morgan fingerprint density at radius 3 is 2.67 bits per heavy atom. The number of rotatable bonds is 4. The normalized spacial score (nSPS) is 11.7. The molecule has 1 aromatic heterocycles. The van der Waals surface area contributed by atoms with E-state index in [2.05, 4.69) is 26.2 Å². The minimum Gasteiger partial charge on any atom is -0.316 e. The van der Waals surface area contributed by atoms with Crippen LogP contribution in [0.3, 0.4) is 0 Å². The number of nitrogens with zero attached hydrogens (tertiary/aromatic N) is 1. The third-order valence-corrected chi connectivity index (χ3v) is 4.66. The topological polar surface area (TPSA) is 24.9 Å². The summed E-state index contributed by atoms with van der Waals surface area (Å²) >= 11 is 4.29. The summed E-state index contributed by atoms with van der Waals surface area (Å²) in [6, 6.07) is 7.81. The summed E-state index contributed by atoms with van der Waals surface area (Å²) in [6.07, 6.45) is -2.84. The van der Waals surface area contributed by atoms with Crippen molar-refractivity contribution in [3.8, 4) is 0 Å². The molecule has 0 atom stereocenters. The van der Waals surface area contributed by atoms with Crippen molar-refractivity contribution >= 4 is 27.7 Å². The third kappa shape index (κ3) is 4.21. The fourth-order valence-electron chi connectivity index (χ4n) is 1.75. The van der Waals surface area contributed by atoms with Crippen LogP contribution in [0.2, 0.25) is 0 Å². The summed E-state index contributed by atoms with van der Waals surface area (Å²) < 4.78 is 40.3. The molecule has 112 valence electrons. The first kappa shape index (κ1) is 16.3. The lowest BCUT2D eigenvalue weighted by Crippen LogP contribution is -2.10. The molecule has 2 nitrogen and oxygen atoms in total. The van der Waals surface area contributed by atoms with Gasteiger partial charge in [-0.3, -0.25) is 0 Å². The van der Waals surface area contributed by atoms with Crippen LogP contribution in [0.5, 0.6) is 0 Å². The second-order valence-electron chi connectivity index (χ2n) is 4.25. The zero-order valence-electron chi connectivity index (χ0n) is 11.0. The lowest BCUT2D eigenvalue weighted by Gasteiger charge is -2.14. The van der Waals surface area contributed by atoms with Crippen molar-refractivity contribution < 1.29 is 13.2 Å². The molecular formula is C14H12BrF3N2S. The van der Waals surface area contributed by atoms with Gasteiger partial charge in [-0.2, -0.15) is 13.2 Å². The standard InChI is InChI=1S/C14H12BrF3N2S/c1-19-8-9-4-5-12(10(7-9)14(16,17)18)21-13-11(15)3-2-6-20-13/h2-7,19H,8H2,1H3. The van der Waals surface area contributed by atoms with Crippen molar-refractivity contribution in [2.75, 3.05) is 7.05 Å². The molecule has 0 spiro atoms. The molecule has 7 heteroatoms. The van der Waals surface area contributed by atoms with Crippen molar-refractivity contribution in [3.05, 3.63) is 52.1 Å². The molecule has 0 aliphatic rings. The summed E-state index contributed by atoms with van der Waals surface area (Å²) in [6.45, 7) is 0.390. The summed E-state index contributed by atoms with van der Waals surface area (Å²) in [5.74, 6) is 0. The molecule has 0 unspecified atom stereocenters. The SMILES string of the molecule is CNCc1ccc(Sc2ncccc2Br)c(C(F)(F)F)c1. The van der Waals surface area contributed by atoms with E-state index in [1.807, 2.05) is 0 Å². The Hall–Kier alpha value is -1.05. The maximum absolute atomic E-state index is 13.2. The van der Waals surface area contributed by atoms with Crippen LogP contribution >= 0.6 is 27.7 Å². The highest BCUT2D eigenvalue weighted by Gasteiger charge is 2.34.